The van der Waals surface area contributed by atoms with Gasteiger partial charge < -0.3 is 15.4 Å². The van der Waals surface area contributed by atoms with Crippen LogP contribution in [0.2, 0.25) is 0 Å². The van der Waals surface area contributed by atoms with Gasteiger partial charge in [0.1, 0.15) is 5.82 Å². The molecular formula is C14H25N3O. The Bertz CT molecular complexity index is 349. The summed E-state index contributed by atoms with van der Waals surface area (Å²) in [6, 6.07) is 3.88. The van der Waals surface area contributed by atoms with Crippen molar-refractivity contribution in [1.29, 1.82) is 0 Å². The van der Waals surface area contributed by atoms with E-state index in [4.69, 9.17) is 10.5 Å². The summed E-state index contributed by atoms with van der Waals surface area (Å²) >= 11 is 0. The largest absolute Gasteiger partial charge is 0.376 e. The fourth-order valence-corrected chi connectivity index (χ4v) is 1.95. The van der Waals surface area contributed by atoms with Crippen molar-refractivity contribution in [2.24, 2.45) is 11.7 Å². The lowest BCUT2D eigenvalue weighted by Gasteiger charge is -2.27. The molecule has 0 aromatic carbocycles. The first kappa shape index (κ1) is 14.9. The van der Waals surface area contributed by atoms with Crippen molar-refractivity contribution in [2.75, 3.05) is 25.6 Å². The molecule has 0 radical (unpaired) electrons. The van der Waals surface area contributed by atoms with Crippen LogP contribution < -0.4 is 10.6 Å². The molecule has 0 bridgehead atoms. The number of hydrogen-bond donors (Lipinski definition) is 1. The highest BCUT2D eigenvalue weighted by Crippen LogP contribution is 2.23. The monoisotopic (exact) mass is 251 g/mol. The number of rotatable bonds is 6. The summed E-state index contributed by atoms with van der Waals surface area (Å²) in [5, 5.41) is 0. The van der Waals surface area contributed by atoms with Gasteiger partial charge in [-0.05, 0) is 24.5 Å². The highest BCUT2D eigenvalue weighted by Gasteiger charge is 2.23. The first-order valence-electron chi connectivity index (χ1n) is 6.47. The Kier molecular flexibility index (Phi) is 5.56. The standard InChI is InChI=1S/C14H25N3O/c1-6-18-14(10(2)3)13(15)11-7-8-12(16-9-11)17(4)5/h7-10,13-14H,6,15H2,1-5H3. The van der Waals surface area contributed by atoms with Gasteiger partial charge in [-0.2, -0.15) is 0 Å². The van der Waals surface area contributed by atoms with E-state index in [0.717, 1.165) is 11.4 Å². The molecule has 0 aliphatic heterocycles. The number of aromatic nitrogens is 1. The van der Waals surface area contributed by atoms with Gasteiger partial charge in [-0.25, -0.2) is 4.98 Å². The average molecular weight is 251 g/mol. The van der Waals surface area contributed by atoms with Crippen molar-refractivity contribution in [3.05, 3.63) is 23.9 Å². The Balaban J connectivity index is 2.84. The minimum atomic E-state index is -0.131. The smallest absolute Gasteiger partial charge is 0.127 e. The average Bonchev–Trinajstić information content (AvgIpc) is 2.35. The molecule has 0 aliphatic carbocycles. The van der Waals surface area contributed by atoms with Crippen LogP contribution in [0.4, 0.5) is 5.82 Å². The van der Waals surface area contributed by atoms with E-state index in [1.807, 2.05) is 44.2 Å². The van der Waals surface area contributed by atoms with E-state index >= 15 is 0 Å². The third kappa shape index (κ3) is 3.68. The van der Waals surface area contributed by atoms with Crippen molar-refractivity contribution in [1.82, 2.24) is 4.98 Å². The van der Waals surface area contributed by atoms with Gasteiger partial charge in [0.25, 0.3) is 0 Å². The predicted octanol–water partition coefficient (Wildman–Crippen LogP) is 2.21. The molecule has 102 valence electrons. The van der Waals surface area contributed by atoms with Crippen LogP contribution >= 0.6 is 0 Å². The van der Waals surface area contributed by atoms with Crippen LogP contribution in [0.3, 0.4) is 0 Å². The normalized spacial score (nSPS) is 14.6. The zero-order valence-corrected chi connectivity index (χ0v) is 12.1. The summed E-state index contributed by atoms with van der Waals surface area (Å²) in [6.07, 6.45) is 1.87. The fraction of sp³-hybridized carbons (Fsp3) is 0.643. The van der Waals surface area contributed by atoms with Gasteiger partial charge in [0.15, 0.2) is 0 Å². The molecule has 1 aromatic heterocycles. The van der Waals surface area contributed by atoms with Crippen LogP contribution in [-0.4, -0.2) is 31.8 Å². The van der Waals surface area contributed by atoms with Crippen LogP contribution in [0.25, 0.3) is 0 Å². The Hall–Kier alpha value is -1.13. The zero-order chi connectivity index (χ0) is 13.7. The molecule has 4 nitrogen and oxygen atoms in total. The molecule has 0 saturated carbocycles. The van der Waals surface area contributed by atoms with E-state index in [9.17, 15) is 0 Å². The first-order chi connectivity index (χ1) is 8.47. The molecular weight excluding hydrogens is 226 g/mol. The van der Waals surface area contributed by atoms with Crippen molar-refractivity contribution in [2.45, 2.75) is 32.9 Å². The van der Waals surface area contributed by atoms with Crippen molar-refractivity contribution in [3.8, 4) is 0 Å². The summed E-state index contributed by atoms with van der Waals surface area (Å²) in [5.41, 5.74) is 7.29. The minimum absolute atomic E-state index is 0.0296. The van der Waals surface area contributed by atoms with Crippen molar-refractivity contribution < 1.29 is 4.74 Å². The third-order valence-electron chi connectivity index (χ3n) is 2.98. The fourth-order valence-electron chi connectivity index (χ4n) is 1.95. The lowest BCUT2D eigenvalue weighted by Crippen LogP contribution is -2.33. The number of anilines is 1. The van der Waals surface area contributed by atoms with Gasteiger partial charge in [0, 0.05) is 26.9 Å². The molecule has 2 unspecified atom stereocenters. The quantitative estimate of drug-likeness (QED) is 0.842. The Morgan fingerprint density at radius 2 is 2.00 bits per heavy atom. The Morgan fingerprint density at radius 1 is 1.33 bits per heavy atom. The van der Waals surface area contributed by atoms with Gasteiger partial charge in [-0.1, -0.05) is 19.9 Å². The number of ether oxygens (including phenoxy) is 1. The van der Waals surface area contributed by atoms with Crippen molar-refractivity contribution >= 4 is 5.82 Å². The maximum absolute atomic E-state index is 6.27. The number of pyridine rings is 1. The van der Waals surface area contributed by atoms with Crippen LogP contribution in [0.1, 0.15) is 32.4 Å². The SMILES string of the molecule is CCOC(C(C)C)C(N)c1ccc(N(C)C)nc1. The third-order valence-corrected chi connectivity index (χ3v) is 2.98. The van der Waals surface area contributed by atoms with Crippen LogP contribution in [-0.2, 0) is 4.74 Å². The lowest BCUT2D eigenvalue weighted by molar-refractivity contribution is 0.0121. The molecule has 18 heavy (non-hydrogen) atoms. The number of hydrogen-bond acceptors (Lipinski definition) is 4. The summed E-state index contributed by atoms with van der Waals surface area (Å²) < 4.78 is 5.73. The van der Waals surface area contributed by atoms with E-state index in [2.05, 4.69) is 18.8 Å². The number of nitrogens with zero attached hydrogens (tertiary/aromatic N) is 2. The topological polar surface area (TPSA) is 51.4 Å². The van der Waals surface area contributed by atoms with E-state index in [-0.39, 0.29) is 12.1 Å². The molecule has 1 rings (SSSR count). The van der Waals surface area contributed by atoms with E-state index in [0.29, 0.717) is 12.5 Å². The summed E-state index contributed by atoms with van der Waals surface area (Å²) in [7, 11) is 3.94. The zero-order valence-electron chi connectivity index (χ0n) is 12.1. The molecule has 0 spiro atoms. The van der Waals surface area contributed by atoms with E-state index in [1.165, 1.54) is 0 Å². The van der Waals surface area contributed by atoms with Gasteiger partial charge in [-0.15, -0.1) is 0 Å². The highest BCUT2D eigenvalue weighted by molar-refractivity contribution is 5.37. The van der Waals surface area contributed by atoms with Crippen molar-refractivity contribution in [3.63, 3.8) is 0 Å². The molecule has 0 saturated heterocycles. The highest BCUT2D eigenvalue weighted by atomic mass is 16.5. The van der Waals surface area contributed by atoms with Crippen LogP contribution in [0, 0.1) is 5.92 Å². The summed E-state index contributed by atoms with van der Waals surface area (Å²) in [4.78, 5) is 6.36. The lowest BCUT2D eigenvalue weighted by atomic mass is 9.95. The molecule has 0 fully saturated rings. The molecule has 0 aliphatic rings. The van der Waals surface area contributed by atoms with Gasteiger partial charge in [0.2, 0.25) is 0 Å². The van der Waals surface area contributed by atoms with E-state index in [1.54, 1.807) is 0 Å². The van der Waals surface area contributed by atoms with E-state index < -0.39 is 0 Å². The molecule has 4 heteroatoms. The molecule has 0 amide bonds. The maximum atomic E-state index is 6.27. The molecule has 2 N–H and O–H groups in total. The second kappa shape index (κ2) is 6.71. The molecule has 1 aromatic rings. The number of nitrogens with two attached hydrogens (primary N) is 1. The molecule has 1 heterocycles. The second-order valence-electron chi connectivity index (χ2n) is 5.03. The Morgan fingerprint density at radius 3 is 2.39 bits per heavy atom. The second-order valence-corrected chi connectivity index (χ2v) is 5.03. The predicted molar refractivity (Wildman–Crippen MR) is 75.7 cm³/mol. The first-order valence-corrected chi connectivity index (χ1v) is 6.47. The van der Waals surface area contributed by atoms with Gasteiger partial charge >= 0.3 is 0 Å². The Labute approximate surface area is 110 Å². The summed E-state index contributed by atoms with van der Waals surface area (Å²) in [6.45, 7) is 6.93. The van der Waals surface area contributed by atoms with Crippen LogP contribution in [0.15, 0.2) is 18.3 Å². The van der Waals surface area contributed by atoms with Gasteiger partial charge in [-0.3, -0.25) is 0 Å². The minimum Gasteiger partial charge on any atom is -0.376 e. The van der Waals surface area contributed by atoms with Crippen LogP contribution in [0.5, 0.6) is 0 Å². The van der Waals surface area contributed by atoms with Gasteiger partial charge in [0.05, 0.1) is 12.1 Å². The molecule has 2 atom stereocenters. The summed E-state index contributed by atoms with van der Waals surface area (Å²) in [5.74, 6) is 1.32. The maximum Gasteiger partial charge on any atom is 0.127 e.